The number of hydrogen-bond donors (Lipinski definition) is 2. The zero-order valence-corrected chi connectivity index (χ0v) is 12.1. The molecule has 0 atom stereocenters. The van der Waals surface area contributed by atoms with Gasteiger partial charge in [0.15, 0.2) is 5.84 Å². The topological polar surface area (TPSA) is 67.8 Å². The number of ether oxygens (including phenoxy) is 1. The fraction of sp³-hybridized carbons (Fsp3) is 0.0714. The van der Waals surface area contributed by atoms with E-state index in [1.165, 1.54) is 0 Å². The van der Waals surface area contributed by atoms with E-state index < -0.39 is 0 Å². The number of benzene rings is 2. The molecule has 4 nitrogen and oxygen atoms in total. The van der Waals surface area contributed by atoms with E-state index in [2.05, 4.69) is 5.16 Å². The number of nitrogens with zero attached hydrogens (tertiary/aromatic N) is 1. The van der Waals surface area contributed by atoms with E-state index in [4.69, 9.17) is 38.9 Å². The fourth-order valence-electron chi connectivity index (χ4n) is 1.65. The number of oxime groups is 1. The largest absolute Gasteiger partial charge is 0.455 e. The van der Waals surface area contributed by atoms with Crippen molar-refractivity contribution in [3.8, 4) is 11.5 Å². The third kappa shape index (κ3) is 3.15. The summed E-state index contributed by atoms with van der Waals surface area (Å²) in [6.45, 7) is 1.93. The zero-order chi connectivity index (χ0) is 14.7. The first-order valence-electron chi connectivity index (χ1n) is 5.72. The summed E-state index contributed by atoms with van der Waals surface area (Å²) < 4.78 is 5.71. The van der Waals surface area contributed by atoms with Crippen molar-refractivity contribution in [2.45, 2.75) is 6.92 Å². The molecule has 0 aliphatic heterocycles. The SMILES string of the molecule is Cc1ccc(Oc2cc(Cl)ccc2C(N)=NO)c(Cl)c1. The van der Waals surface area contributed by atoms with Crippen molar-refractivity contribution in [3.63, 3.8) is 0 Å². The molecule has 0 bridgehead atoms. The van der Waals surface area contributed by atoms with Gasteiger partial charge in [-0.15, -0.1) is 0 Å². The second kappa shape index (κ2) is 6.03. The van der Waals surface area contributed by atoms with E-state index in [-0.39, 0.29) is 5.84 Å². The average molecular weight is 311 g/mol. The Morgan fingerprint density at radius 1 is 1.15 bits per heavy atom. The van der Waals surface area contributed by atoms with Gasteiger partial charge in [-0.3, -0.25) is 0 Å². The molecule has 2 aromatic carbocycles. The van der Waals surface area contributed by atoms with Crippen LogP contribution >= 0.6 is 23.2 Å². The van der Waals surface area contributed by atoms with Crippen LogP contribution < -0.4 is 10.5 Å². The van der Waals surface area contributed by atoms with Gasteiger partial charge in [-0.05, 0) is 36.8 Å². The summed E-state index contributed by atoms with van der Waals surface area (Å²) in [7, 11) is 0. The number of amidine groups is 1. The van der Waals surface area contributed by atoms with Crippen molar-refractivity contribution in [2.75, 3.05) is 0 Å². The molecule has 0 radical (unpaired) electrons. The van der Waals surface area contributed by atoms with Crippen LogP contribution in [-0.2, 0) is 0 Å². The van der Waals surface area contributed by atoms with Gasteiger partial charge in [0.05, 0.1) is 10.6 Å². The molecule has 2 aromatic rings. The molecule has 0 fully saturated rings. The van der Waals surface area contributed by atoms with Crippen molar-refractivity contribution in [2.24, 2.45) is 10.9 Å². The maximum Gasteiger partial charge on any atom is 0.173 e. The molecule has 0 spiro atoms. The Balaban J connectivity index is 2.44. The molecular formula is C14H12Cl2N2O2. The van der Waals surface area contributed by atoms with Gasteiger partial charge in [-0.2, -0.15) is 0 Å². The minimum atomic E-state index is -0.0695. The lowest BCUT2D eigenvalue weighted by Crippen LogP contribution is -2.14. The number of aryl methyl sites for hydroxylation is 1. The standard InChI is InChI=1S/C14H12Cl2N2O2/c1-8-2-5-12(11(16)6-8)20-13-7-9(15)3-4-10(13)14(17)18-19/h2-7,19H,1H3,(H2,17,18). The van der Waals surface area contributed by atoms with Crippen molar-refractivity contribution >= 4 is 29.0 Å². The molecule has 0 saturated heterocycles. The van der Waals surface area contributed by atoms with Crippen LogP contribution in [0.15, 0.2) is 41.6 Å². The highest BCUT2D eigenvalue weighted by atomic mass is 35.5. The van der Waals surface area contributed by atoms with E-state index in [0.29, 0.717) is 27.1 Å². The van der Waals surface area contributed by atoms with E-state index in [1.54, 1.807) is 30.3 Å². The smallest absolute Gasteiger partial charge is 0.173 e. The Morgan fingerprint density at radius 2 is 1.90 bits per heavy atom. The van der Waals surface area contributed by atoms with Crippen molar-refractivity contribution in [3.05, 3.63) is 57.6 Å². The highest BCUT2D eigenvalue weighted by Gasteiger charge is 2.12. The molecule has 2 rings (SSSR count). The fourth-order valence-corrected chi connectivity index (χ4v) is 2.09. The van der Waals surface area contributed by atoms with Gasteiger partial charge in [0, 0.05) is 11.1 Å². The summed E-state index contributed by atoms with van der Waals surface area (Å²) in [4.78, 5) is 0. The quantitative estimate of drug-likeness (QED) is 0.386. The molecule has 0 saturated carbocycles. The molecule has 3 N–H and O–H groups in total. The van der Waals surface area contributed by atoms with E-state index in [0.717, 1.165) is 5.56 Å². The summed E-state index contributed by atoms with van der Waals surface area (Å²) in [6, 6.07) is 10.2. The van der Waals surface area contributed by atoms with Gasteiger partial charge in [-0.1, -0.05) is 34.4 Å². The second-order valence-electron chi connectivity index (χ2n) is 4.16. The third-order valence-corrected chi connectivity index (χ3v) is 3.17. The molecule has 104 valence electrons. The van der Waals surface area contributed by atoms with Gasteiger partial charge in [0.25, 0.3) is 0 Å². The van der Waals surface area contributed by atoms with E-state index in [1.807, 2.05) is 13.0 Å². The monoisotopic (exact) mass is 310 g/mol. The number of rotatable bonds is 3. The van der Waals surface area contributed by atoms with Crippen LogP contribution in [0, 0.1) is 6.92 Å². The minimum Gasteiger partial charge on any atom is -0.455 e. The number of nitrogens with two attached hydrogens (primary N) is 1. The summed E-state index contributed by atoms with van der Waals surface area (Å²) in [5.41, 5.74) is 7.05. The van der Waals surface area contributed by atoms with Gasteiger partial charge < -0.3 is 15.7 Å². The van der Waals surface area contributed by atoms with Crippen LogP contribution in [0.1, 0.15) is 11.1 Å². The summed E-state index contributed by atoms with van der Waals surface area (Å²) in [6.07, 6.45) is 0. The Labute approximate surface area is 126 Å². The Kier molecular flexibility index (Phi) is 4.37. The van der Waals surface area contributed by atoms with Gasteiger partial charge in [-0.25, -0.2) is 0 Å². The number of halogens is 2. The summed E-state index contributed by atoms with van der Waals surface area (Å²) in [5.74, 6) is 0.755. The van der Waals surface area contributed by atoms with Crippen LogP contribution in [-0.4, -0.2) is 11.0 Å². The lowest BCUT2D eigenvalue weighted by Gasteiger charge is -2.12. The van der Waals surface area contributed by atoms with Crippen molar-refractivity contribution in [1.82, 2.24) is 0 Å². The molecule has 0 unspecified atom stereocenters. The van der Waals surface area contributed by atoms with Crippen LogP contribution in [0.4, 0.5) is 0 Å². The maximum atomic E-state index is 8.79. The van der Waals surface area contributed by atoms with Crippen molar-refractivity contribution in [1.29, 1.82) is 0 Å². The molecule has 0 aliphatic carbocycles. The van der Waals surface area contributed by atoms with Gasteiger partial charge >= 0.3 is 0 Å². The molecular weight excluding hydrogens is 299 g/mol. The summed E-state index contributed by atoms with van der Waals surface area (Å²) >= 11 is 12.1. The van der Waals surface area contributed by atoms with E-state index >= 15 is 0 Å². The lowest BCUT2D eigenvalue weighted by atomic mass is 10.2. The molecule has 0 aliphatic rings. The molecule has 20 heavy (non-hydrogen) atoms. The van der Waals surface area contributed by atoms with Crippen LogP contribution in [0.3, 0.4) is 0 Å². The third-order valence-electron chi connectivity index (χ3n) is 2.63. The van der Waals surface area contributed by atoms with Crippen LogP contribution in [0.5, 0.6) is 11.5 Å². The predicted octanol–water partition coefficient (Wildman–Crippen LogP) is 4.19. The van der Waals surface area contributed by atoms with Crippen molar-refractivity contribution < 1.29 is 9.94 Å². The first-order valence-corrected chi connectivity index (χ1v) is 6.48. The Bertz CT molecular complexity index is 672. The first kappa shape index (κ1) is 14.5. The number of hydrogen-bond acceptors (Lipinski definition) is 3. The highest BCUT2D eigenvalue weighted by Crippen LogP contribution is 2.33. The Morgan fingerprint density at radius 3 is 2.55 bits per heavy atom. The normalized spacial score (nSPS) is 11.4. The first-order chi connectivity index (χ1) is 9.51. The zero-order valence-electron chi connectivity index (χ0n) is 10.6. The van der Waals surface area contributed by atoms with Gasteiger partial charge in [0.2, 0.25) is 0 Å². The van der Waals surface area contributed by atoms with E-state index in [9.17, 15) is 0 Å². The average Bonchev–Trinajstić information content (AvgIpc) is 2.41. The molecule has 0 amide bonds. The minimum absolute atomic E-state index is 0.0695. The predicted molar refractivity (Wildman–Crippen MR) is 80.2 cm³/mol. The summed E-state index contributed by atoms with van der Waals surface area (Å²) in [5, 5.41) is 12.7. The second-order valence-corrected chi connectivity index (χ2v) is 5.01. The molecule has 0 aromatic heterocycles. The maximum absolute atomic E-state index is 8.79. The van der Waals surface area contributed by atoms with Crippen LogP contribution in [0.25, 0.3) is 0 Å². The highest BCUT2D eigenvalue weighted by molar-refractivity contribution is 6.32. The molecule has 6 heteroatoms. The molecule has 0 heterocycles. The lowest BCUT2D eigenvalue weighted by molar-refractivity contribution is 0.318. The van der Waals surface area contributed by atoms with Gasteiger partial charge in [0.1, 0.15) is 11.5 Å². The Hall–Kier alpha value is -1.91. The van der Waals surface area contributed by atoms with Crippen LogP contribution in [0.2, 0.25) is 10.0 Å².